The van der Waals surface area contributed by atoms with Crippen LogP contribution in [0.15, 0.2) is 5.57 Å². The molecule has 0 bridgehead atoms. The van der Waals surface area contributed by atoms with Crippen LogP contribution in [0.25, 0.3) is 0 Å². The van der Waals surface area contributed by atoms with Crippen LogP contribution in [-0.2, 0) is 19.1 Å². The van der Waals surface area contributed by atoms with E-state index in [-0.39, 0.29) is 0 Å². The third-order valence-corrected chi connectivity index (χ3v) is 1.02. The number of esters is 1. The van der Waals surface area contributed by atoms with Gasteiger partial charge in [0, 0.05) is 6.92 Å². The van der Waals surface area contributed by atoms with Crippen molar-refractivity contribution in [3.63, 3.8) is 0 Å². The van der Waals surface area contributed by atoms with Gasteiger partial charge in [0.1, 0.15) is 0 Å². The van der Waals surface area contributed by atoms with Gasteiger partial charge in [-0.15, -0.1) is 0 Å². The summed E-state index contributed by atoms with van der Waals surface area (Å²) in [7, 11) is 1.01. The van der Waals surface area contributed by atoms with Gasteiger partial charge < -0.3 is 9.47 Å². The first-order valence-corrected chi connectivity index (χ1v) is 3.13. The Morgan fingerprint density at radius 1 is 1.31 bits per heavy atom. The van der Waals surface area contributed by atoms with Crippen molar-refractivity contribution in [2.24, 2.45) is 0 Å². The minimum Gasteiger partial charge on any atom is -0.437 e. The van der Waals surface area contributed by atoms with Gasteiger partial charge in [-0.1, -0.05) is 0 Å². The normalized spacial score (nSPS) is 8.15. The van der Waals surface area contributed by atoms with Crippen molar-refractivity contribution in [3.8, 4) is 0 Å². The summed E-state index contributed by atoms with van der Waals surface area (Å²) in [5.41, 5.74) is -0.634. The van der Waals surface area contributed by atoms with Gasteiger partial charge >= 0.3 is 12.1 Å². The molecule has 0 rings (SSSR count). The average Bonchev–Trinajstić information content (AvgIpc) is 2.04. The molecule has 0 aliphatic carbocycles. The minimum atomic E-state index is -1.24. The molecule has 0 aliphatic heterocycles. The molecule has 0 aromatic rings. The number of hydrogen-bond acceptors (Lipinski definition) is 6. The van der Waals surface area contributed by atoms with Gasteiger partial charge in [0.15, 0.2) is 11.4 Å². The summed E-state index contributed by atoms with van der Waals surface area (Å²) in [5.74, 6) is -0.381. The zero-order valence-electron chi connectivity index (χ0n) is 7.04. The van der Waals surface area contributed by atoms with Crippen LogP contribution in [0.4, 0.5) is 4.79 Å². The van der Waals surface area contributed by atoms with Gasteiger partial charge in [-0.25, -0.2) is 9.59 Å². The number of carbonyl (C=O) groups excluding carboxylic acids is 3. The van der Waals surface area contributed by atoms with Crippen molar-refractivity contribution in [2.75, 3.05) is 7.11 Å². The van der Waals surface area contributed by atoms with Crippen molar-refractivity contribution in [2.45, 2.75) is 6.92 Å². The Morgan fingerprint density at radius 3 is 2.15 bits per heavy atom. The fourth-order valence-electron chi connectivity index (χ4n) is 0.451. The predicted molar refractivity (Wildman–Crippen MR) is 40.4 cm³/mol. The Kier molecular flexibility index (Phi) is 4.12. The van der Waals surface area contributed by atoms with Crippen LogP contribution < -0.4 is 0 Å². The number of Topliss-reactive ketones (excluding diaryl/α,β-unsaturated/α-hetero) is 1. The van der Waals surface area contributed by atoms with Crippen LogP contribution in [0, 0.1) is 5.41 Å². The smallest absolute Gasteiger partial charge is 0.437 e. The van der Waals surface area contributed by atoms with Gasteiger partial charge in [-0.05, 0) is 5.87 Å². The van der Waals surface area contributed by atoms with Crippen molar-refractivity contribution in [3.05, 3.63) is 5.57 Å². The molecular formula is C7H7NO5. The maximum atomic E-state index is 10.8. The Balaban J connectivity index is 4.52. The van der Waals surface area contributed by atoms with E-state index in [4.69, 9.17) is 5.41 Å². The highest BCUT2D eigenvalue weighted by atomic mass is 16.7. The van der Waals surface area contributed by atoms with Crippen LogP contribution in [0.2, 0.25) is 0 Å². The van der Waals surface area contributed by atoms with E-state index in [1.165, 1.54) is 0 Å². The first-order chi connectivity index (χ1) is 6.02. The van der Waals surface area contributed by atoms with Crippen LogP contribution in [0.3, 0.4) is 0 Å². The predicted octanol–water partition coefficient (Wildman–Crippen LogP) is 0.0599. The molecule has 13 heavy (non-hydrogen) atoms. The van der Waals surface area contributed by atoms with Crippen LogP contribution in [0.1, 0.15) is 6.92 Å². The summed E-state index contributed by atoms with van der Waals surface area (Å²) in [4.78, 5) is 31.8. The molecule has 0 fully saturated rings. The highest BCUT2D eigenvalue weighted by Crippen LogP contribution is 1.96. The maximum absolute atomic E-state index is 10.8. The van der Waals surface area contributed by atoms with E-state index in [2.05, 4.69) is 9.47 Å². The zero-order valence-corrected chi connectivity index (χ0v) is 7.04. The second-order valence-corrected chi connectivity index (χ2v) is 1.90. The van der Waals surface area contributed by atoms with E-state index in [0.717, 1.165) is 14.0 Å². The first kappa shape index (κ1) is 11.1. The van der Waals surface area contributed by atoms with Gasteiger partial charge in [-0.3, -0.25) is 10.2 Å². The van der Waals surface area contributed by atoms with E-state index in [1.54, 1.807) is 5.87 Å². The summed E-state index contributed by atoms with van der Waals surface area (Å²) in [6.07, 6.45) is -1.24. The highest BCUT2D eigenvalue weighted by Gasteiger charge is 2.19. The molecule has 0 atom stereocenters. The monoisotopic (exact) mass is 185 g/mol. The molecule has 0 heterocycles. The lowest BCUT2D eigenvalue weighted by molar-refractivity contribution is -0.136. The number of hydrogen-bond donors (Lipinski definition) is 1. The summed E-state index contributed by atoms with van der Waals surface area (Å²) >= 11 is 0. The molecule has 6 nitrogen and oxygen atoms in total. The topological polar surface area (TPSA) is 93.5 Å². The second-order valence-electron chi connectivity index (χ2n) is 1.90. The number of carbonyl (C=O) groups is 3. The molecule has 0 unspecified atom stereocenters. The number of methoxy groups -OCH3 is 1. The largest absolute Gasteiger partial charge is 0.516 e. The molecule has 6 heteroatoms. The molecule has 0 radical (unpaired) electrons. The molecular weight excluding hydrogens is 178 g/mol. The molecule has 0 aliphatic rings. The van der Waals surface area contributed by atoms with Gasteiger partial charge in [0.25, 0.3) is 0 Å². The lowest BCUT2D eigenvalue weighted by Crippen LogP contribution is -2.18. The van der Waals surface area contributed by atoms with Crippen molar-refractivity contribution >= 4 is 23.8 Å². The van der Waals surface area contributed by atoms with Gasteiger partial charge in [-0.2, -0.15) is 0 Å². The van der Waals surface area contributed by atoms with Crippen LogP contribution in [-0.4, -0.2) is 30.9 Å². The number of rotatable bonds is 2. The number of ether oxygens (including phenoxy) is 2. The van der Waals surface area contributed by atoms with E-state index in [1.807, 2.05) is 0 Å². The third-order valence-electron chi connectivity index (χ3n) is 1.02. The minimum absolute atomic E-state index is 0.634. The molecule has 0 spiro atoms. The standard InChI is InChI=1S/C7H7NO5/c1-4(9)5(3-8)6(10)13-7(11)12-2/h8H,1-2H3. The molecule has 0 amide bonds. The lowest BCUT2D eigenvalue weighted by Gasteiger charge is -1.99. The zero-order chi connectivity index (χ0) is 10.4. The summed E-state index contributed by atoms with van der Waals surface area (Å²) in [6.45, 7) is 1.05. The Morgan fingerprint density at radius 2 is 1.85 bits per heavy atom. The second kappa shape index (κ2) is 4.84. The molecule has 0 saturated heterocycles. The summed E-state index contributed by atoms with van der Waals surface area (Å²) in [6, 6.07) is 0. The highest BCUT2D eigenvalue weighted by molar-refractivity contribution is 6.23. The van der Waals surface area contributed by atoms with E-state index < -0.39 is 23.5 Å². The Hall–Kier alpha value is -1.94. The lowest BCUT2D eigenvalue weighted by atomic mass is 10.2. The summed E-state index contributed by atoms with van der Waals surface area (Å²) in [5, 5.41) is 6.56. The Bertz CT molecular complexity index is 300. The maximum Gasteiger partial charge on any atom is 0.516 e. The SMILES string of the molecule is COC(=O)OC(=O)C(=C=N)C(C)=O. The average molecular weight is 185 g/mol. The van der Waals surface area contributed by atoms with Crippen molar-refractivity contribution in [1.82, 2.24) is 0 Å². The van der Waals surface area contributed by atoms with Crippen LogP contribution >= 0.6 is 0 Å². The fourth-order valence-corrected chi connectivity index (χ4v) is 0.451. The number of ketones is 1. The van der Waals surface area contributed by atoms with E-state index in [0.29, 0.717) is 0 Å². The van der Waals surface area contributed by atoms with Gasteiger partial charge in [0.05, 0.1) is 7.11 Å². The number of nitrogens with one attached hydrogen (secondary N) is 1. The van der Waals surface area contributed by atoms with E-state index in [9.17, 15) is 14.4 Å². The van der Waals surface area contributed by atoms with Crippen molar-refractivity contribution < 1.29 is 23.9 Å². The fraction of sp³-hybridized carbons (Fsp3) is 0.286. The van der Waals surface area contributed by atoms with Gasteiger partial charge in [0.2, 0.25) is 0 Å². The molecule has 0 saturated carbocycles. The third kappa shape index (κ3) is 3.31. The summed E-state index contributed by atoms with van der Waals surface area (Å²) < 4.78 is 7.97. The Labute approximate surface area is 73.6 Å². The molecule has 0 aromatic carbocycles. The first-order valence-electron chi connectivity index (χ1n) is 3.13. The quantitative estimate of drug-likeness (QED) is 0.216. The molecule has 1 N–H and O–H groups in total. The molecule has 70 valence electrons. The molecule has 0 aromatic heterocycles. The van der Waals surface area contributed by atoms with Crippen LogP contribution in [0.5, 0.6) is 0 Å². The van der Waals surface area contributed by atoms with Crippen molar-refractivity contribution in [1.29, 1.82) is 5.41 Å². The van der Waals surface area contributed by atoms with E-state index >= 15 is 0 Å².